The molecule has 0 amide bonds. The minimum absolute atomic E-state index is 0.214. The van der Waals surface area contributed by atoms with Crippen LogP contribution in [0.25, 0.3) is 5.69 Å². The van der Waals surface area contributed by atoms with Crippen LogP contribution in [0.15, 0.2) is 42.4 Å². The molecule has 1 aromatic carbocycles. The number of carbonyl (C=O) groups is 2. The molecule has 7 nitrogen and oxygen atoms in total. The zero-order chi connectivity index (χ0) is 18.2. The number of anilines is 1. The number of hydrogen-bond acceptors (Lipinski definition) is 6. The number of hydrogen-bond donors (Lipinski definition) is 1. The van der Waals surface area contributed by atoms with Crippen LogP contribution in [0.3, 0.4) is 0 Å². The first kappa shape index (κ1) is 17.3. The fourth-order valence-corrected chi connectivity index (χ4v) is 2.47. The van der Waals surface area contributed by atoms with Gasteiger partial charge in [0.05, 0.1) is 0 Å². The summed E-state index contributed by atoms with van der Waals surface area (Å²) in [5.41, 5.74) is 1.18. The molecule has 0 atom stereocenters. The molecule has 25 heavy (non-hydrogen) atoms. The summed E-state index contributed by atoms with van der Waals surface area (Å²) < 4.78 is 11.6. The van der Waals surface area contributed by atoms with Crippen LogP contribution in [-0.4, -0.2) is 27.3 Å². The zero-order valence-electron chi connectivity index (χ0n) is 13.2. The van der Waals surface area contributed by atoms with Gasteiger partial charge in [0.15, 0.2) is 15.9 Å². The summed E-state index contributed by atoms with van der Waals surface area (Å²) >= 11 is 11.9. The van der Waals surface area contributed by atoms with Gasteiger partial charge in [-0.15, -0.1) is 0 Å². The van der Waals surface area contributed by atoms with Gasteiger partial charge in [-0.3, -0.25) is 4.57 Å². The number of benzene rings is 1. The normalized spacial score (nSPS) is 16.2. The van der Waals surface area contributed by atoms with Crippen molar-refractivity contribution >= 4 is 40.8 Å². The molecule has 0 spiro atoms. The summed E-state index contributed by atoms with van der Waals surface area (Å²) in [7, 11) is 0. The highest BCUT2D eigenvalue weighted by molar-refractivity contribution is 6.40. The predicted octanol–water partition coefficient (Wildman–Crippen LogP) is 3.31. The number of rotatable bonds is 3. The van der Waals surface area contributed by atoms with Crippen LogP contribution in [0.4, 0.5) is 5.69 Å². The predicted molar refractivity (Wildman–Crippen MR) is 91.6 cm³/mol. The van der Waals surface area contributed by atoms with Crippen molar-refractivity contribution < 1.29 is 19.1 Å². The molecular formula is C16H13Cl2N3O4. The highest BCUT2D eigenvalue weighted by Gasteiger charge is 2.38. The molecule has 0 saturated carbocycles. The van der Waals surface area contributed by atoms with Gasteiger partial charge in [0, 0.05) is 31.4 Å². The third kappa shape index (κ3) is 3.62. The number of carbonyl (C=O) groups excluding carboxylic acids is 2. The molecule has 2 aromatic rings. The lowest BCUT2D eigenvalue weighted by Crippen LogP contribution is -2.42. The van der Waals surface area contributed by atoms with Crippen molar-refractivity contribution in [2.24, 2.45) is 0 Å². The van der Waals surface area contributed by atoms with Crippen LogP contribution in [0.5, 0.6) is 0 Å². The van der Waals surface area contributed by atoms with Gasteiger partial charge in [-0.1, -0.05) is 23.2 Å². The first-order valence-corrected chi connectivity index (χ1v) is 7.94. The molecule has 1 aliphatic rings. The van der Waals surface area contributed by atoms with E-state index in [2.05, 4.69) is 10.3 Å². The second-order valence-electron chi connectivity index (χ2n) is 5.62. The Morgan fingerprint density at radius 3 is 2.24 bits per heavy atom. The van der Waals surface area contributed by atoms with Crippen molar-refractivity contribution in [3.8, 4) is 5.69 Å². The zero-order valence-corrected chi connectivity index (χ0v) is 14.8. The van der Waals surface area contributed by atoms with Gasteiger partial charge in [0.25, 0.3) is 5.79 Å². The van der Waals surface area contributed by atoms with E-state index in [1.807, 2.05) is 0 Å². The highest BCUT2D eigenvalue weighted by atomic mass is 35.5. The first-order chi connectivity index (χ1) is 11.8. The van der Waals surface area contributed by atoms with E-state index in [0.29, 0.717) is 10.8 Å². The van der Waals surface area contributed by atoms with Crippen LogP contribution in [0, 0.1) is 0 Å². The van der Waals surface area contributed by atoms with E-state index in [0.717, 1.165) is 5.69 Å². The van der Waals surface area contributed by atoms with Gasteiger partial charge in [-0.25, -0.2) is 14.6 Å². The fourth-order valence-electron chi connectivity index (χ4n) is 2.14. The highest BCUT2D eigenvalue weighted by Crippen LogP contribution is 2.25. The Kier molecular flexibility index (Phi) is 4.45. The minimum Gasteiger partial charge on any atom is -0.419 e. The van der Waals surface area contributed by atoms with Crippen LogP contribution >= 0.6 is 23.2 Å². The van der Waals surface area contributed by atoms with Gasteiger partial charge in [0.1, 0.15) is 6.33 Å². The third-order valence-corrected chi connectivity index (χ3v) is 4.05. The van der Waals surface area contributed by atoms with E-state index in [1.54, 1.807) is 28.8 Å². The van der Waals surface area contributed by atoms with Gasteiger partial charge in [-0.2, -0.15) is 0 Å². The standard InChI is InChI=1S/C16H13Cl2N3O4/c1-16(2)24-14(22)11(15(23)25-16)7-19-9-3-5-10(6-4-9)21-8-20-12(17)13(21)18/h3-8,19H,1-2H3. The molecule has 0 bridgehead atoms. The number of nitrogens with one attached hydrogen (secondary N) is 1. The number of imidazole rings is 1. The van der Waals surface area contributed by atoms with Crippen LogP contribution in [-0.2, 0) is 19.1 Å². The largest absolute Gasteiger partial charge is 0.419 e. The molecule has 130 valence electrons. The van der Waals surface area contributed by atoms with Gasteiger partial charge in [0.2, 0.25) is 0 Å². The van der Waals surface area contributed by atoms with Crippen molar-refractivity contribution in [2.75, 3.05) is 5.32 Å². The SMILES string of the molecule is CC1(C)OC(=O)C(=CNc2ccc(-n3cnc(Cl)c3Cl)cc2)C(=O)O1. The Morgan fingerprint density at radius 1 is 1.12 bits per heavy atom. The number of nitrogens with zero attached hydrogens (tertiary/aromatic N) is 2. The number of halogens is 2. The summed E-state index contributed by atoms with van der Waals surface area (Å²) in [5, 5.41) is 3.37. The van der Waals surface area contributed by atoms with E-state index < -0.39 is 17.7 Å². The molecule has 0 aliphatic carbocycles. The van der Waals surface area contributed by atoms with Crippen molar-refractivity contribution in [3.05, 3.63) is 52.7 Å². The van der Waals surface area contributed by atoms with Crippen LogP contribution in [0.1, 0.15) is 13.8 Å². The van der Waals surface area contributed by atoms with Crippen molar-refractivity contribution in [1.29, 1.82) is 0 Å². The fraction of sp³-hybridized carbons (Fsp3) is 0.188. The van der Waals surface area contributed by atoms with E-state index >= 15 is 0 Å². The lowest BCUT2D eigenvalue weighted by atomic mass is 10.2. The molecule has 2 heterocycles. The lowest BCUT2D eigenvalue weighted by Gasteiger charge is -2.29. The molecule has 0 radical (unpaired) electrons. The summed E-state index contributed by atoms with van der Waals surface area (Å²) in [6, 6.07) is 7.01. The van der Waals surface area contributed by atoms with Crippen molar-refractivity contribution in [2.45, 2.75) is 19.6 Å². The molecular weight excluding hydrogens is 369 g/mol. The second-order valence-corrected chi connectivity index (χ2v) is 6.34. The average Bonchev–Trinajstić information content (AvgIpc) is 2.86. The summed E-state index contributed by atoms with van der Waals surface area (Å²) in [6.07, 6.45) is 2.75. The monoisotopic (exact) mass is 381 g/mol. The van der Waals surface area contributed by atoms with Crippen LogP contribution in [0.2, 0.25) is 10.3 Å². The smallest absolute Gasteiger partial charge is 0.350 e. The minimum atomic E-state index is -1.27. The molecule has 0 unspecified atom stereocenters. The lowest BCUT2D eigenvalue weighted by molar-refractivity contribution is -0.222. The van der Waals surface area contributed by atoms with Gasteiger partial charge in [-0.05, 0) is 24.3 Å². The third-order valence-electron chi connectivity index (χ3n) is 3.31. The summed E-state index contributed by atoms with van der Waals surface area (Å²) in [4.78, 5) is 27.6. The summed E-state index contributed by atoms with van der Waals surface area (Å²) in [6.45, 7) is 2.97. The number of ether oxygens (including phenoxy) is 2. The molecule has 1 aromatic heterocycles. The Labute approximate surface area is 153 Å². The maximum Gasteiger partial charge on any atom is 0.350 e. The topological polar surface area (TPSA) is 82.5 Å². The average molecular weight is 382 g/mol. The second kappa shape index (κ2) is 6.42. The van der Waals surface area contributed by atoms with Gasteiger partial charge < -0.3 is 14.8 Å². The van der Waals surface area contributed by atoms with Gasteiger partial charge >= 0.3 is 11.9 Å². The Hall–Kier alpha value is -2.51. The van der Waals surface area contributed by atoms with E-state index in [4.69, 9.17) is 32.7 Å². The Balaban J connectivity index is 1.75. The first-order valence-electron chi connectivity index (χ1n) is 7.19. The number of cyclic esters (lactones) is 2. The Morgan fingerprint density at radius 2 is 1.72 bits per heavy atom. The molecule has 3 rings (SSSR count). The molecule has 1 saturated heterocycles. The van der Waals surface area contributed by atoms with E-state index in [-0.39, 0.29) is 10.7 Å². The van der Waals surface area contributed by atoms with Crippen molar-refractivity contribution in [1.82, 2.24) is 9.55 Å². The Bertz CT molecular complexity index is 850. The molecule has 9 heteroatoms. The number of aromatic nitrogens is 2. The van der Waals surface area contributed by atoms with E-state index in [1.165, 1.54) is 26.4 Å². The molecule has 1 N–H and O–H groups in total. The maximum absolute atomic E-state index is 11.9. The molecule has 1 aliphatic heterocycles. The molecule has 1 fully saturated rings. The quantitative estimate of drug-likeness (QED) is 0.498. The van der Waals surface area contributed by atoms with Crippen LogP contribution < -0.4 is 5.32 Å². The maximum atomic E-state index is 11.9. The van der Waals surface area contributed by atoms with E-state index in [9.17, 15) is 9.59 Å². The number of esters is 2. The summed E-state index contributed by atoms with van der Waals surface area (Å²) in [5.74, 6) is -2.76. The van der Waals surface area contributed by atoms with Crippen molar-refractivity contribution in [3.63, 3.8) is 0 Å².